The maximum atomic E-state index is 14.4. The monoisotopic (exact) mass is 617 g/mol. The summed E-state index contributed by atoms with van der Waals surface area (Å²) in [5, 5.41) is 12.2. The SMILES string of the molecule is COC[C@@H]1[C@@H]2C(=O)N(c3ccccc3)C(=O)[C@@H]2C2=C(c3ccc(O[Si](C(C)C)(C(C)C)C(C)C)cc3OC23CCCC3)[C@H]1O. The number of amides is 2. The van der Waals surface area contributed by atoms with Crippen LogP contribution in [0.3, 0.4) is 0 Å². The van der Waals surface area contributed by atoms with Crippen molar-refractivity contribution in [3.8, 4) is 11.5 Å². The molecule has 8 heteroatoms. The zero-order valence-corrected chi connectivity index (χ0v) is 28.1. The largest absolute Gasteiger partial charge is 0.543 e. The van der Waals surface area contributed by atoms with E-state index < -0.39 is 37.8 Å². The van der Waals surface area contributed by atoms with Gasteiger partial charge >= 0.3 is 0 Å². The van der Waals surface area contributed by atoms with Crippen LogP contribution in [-0.4, -0.2) is 50.7 Å². The number of aliphatic hydroxyl groups excluding tert-OH is 1. The molecule has 1 N–H and O–H groups in total. The number of aliphatic hydroxyl groups is 1. The van der Waals surface area contributed by atoms with E-state index in [4.69, 9.17) is 13.9 Å². The lowest BCUT2D eigenvalue weighted by Gasteiger charge is -2.48. The number of hydrogen-bond acceptors (Lipinski definition) is 6. The third-order valence-corrected chi connectivity index (χ3v) is 16.9. The molecule has 0 unspecified atom stereocenters. The van der Waals surface area contributed by atoms with Gasteiger partial charge in [0.2, 0.25) is 11.8 Å². The third-order valence-electron chi connectivity index (χ3n) is 10.9. The van der Waals surface area contributed by atoms with Crippen molar-refractivity contribution in [2.24, 2.45) is 17.8 Å². The van der Waals surface area contributed by atoms with Crippen LogP contribution in [0.4, 0.5) is 5.69 Å². The van der Waals surface area contributed by atoms with E-state index in [2.05, 4.69) is 41.5 Å². The molecule has 7 nitrogen and oxygen atoms in total. The molecule has 4 atom stereocenters. The number of rotatable bonds is 8. The molecule has 2 amide bonds. The number of benzene rings is 2. The van der Waals surface area contributed by atoms with Gasteiger partial charge in [0, 0.05) is 24.7 Å². The second-order valence-corrected chi connectivity index (χ2v) is 19.5. The van der Waals surface area contributed by atoms with Crippen LogP contribution in [0.1, 0.15) is 72.8 Å². The van der Waals surface area contributed by atoms with Crippen LogP contribution >= 0.6 is 0 Å². The van der Waals surface area contributed by atoms with Gasteiger partial charge in [-0.25, -0.2) is 4.90 Å². The Morgan fingerprint density at radius 1 is 0.955 bits per heavy atom. The predicted molar refractivity (Wildman–Crippen MR) is 174 cm³/mol. The summed E-state index contributed by atoms with van der Waals surface area (Å²) in [5.41, 5.74) is 3.36. The summed E-state index contributed by atoms with van der Waals surface area (Å²) in [4.78, 5) is 29.8. The summed E-state index contributed by atoms with van der Waals surface area (Å²) >= 11 is 0. The van der Waals surface area contributed by atoms with Crippen molar-refractivity contribution < 1.29 is 28.6 Å². The zero-order valence-electron chi connectivity index (χ0n) is 27.1. The van der Waals surface area contributed by atoms with Crippen LogP contribution < -0.4 is 14.1 Å². The quantitative estimate of drug-likeness (QED) is 0.250. The number of nitrogens with zero attached hydrogens (tertiary/aromatic N) is 1. The van der Waals surface area contributed by atoms with Gasteiger partial charge in [-0.3, -0.25) is 9.59 Å². The van der Waals surface area contributed by atoms with E-state index in [0.717, 1.165) is 48.1 Å². The number of fused-ring (bicyclic) bond motifs is 5. The van der Waals surface area contributed by atoms with E-state index >= 15 is 0 Å². The average Bonchev–Trinajstić information content (AvgIpc) is 3.55. The summed E-state index contributed by atoms with van der Waals surface area (Å²) in [7, 11) is -0.639. The van der Waals surface area contributed by atoms with Crippen molar-refractivity contribution in [2.75, 3.05) is 18.6 Å². The molecule has 1 saturated carbocycles. The van der Waals surface area contributed by atoms with E-state index in [1.807, 2.05) is 36.4 Å². The highest BCUT2D eigenvalue weighted by atomic mass is 28.4. The van der Waals surface area contributed by atoms with Crippen molar-refractivity contribution >= 4 is 31.4 Å². The van der Waals surface area contributed by atoms with Crippen molar-refractivity contribution in [1.82, 2.24) is 0 Å². The van der Waals surface area contributed by atoms with Gasteiger partial charge in [0.25, 0.3) is 8.32 Å². The summed E-state index contributed by atoms with van der Waals surface area (Å²) < 4.78 is 19.7. The lowest BCUT2D eigenvalue weighted by Crippen LogP contribution is -2.52. The van der Waals surface area contributed by atoms with Crippen LogP contribution in [-0.2, 0) is 14.3 Å². The molecule has 44 heavy (non-hydrogen) atoms. The number of ether oxygens (including phenoxy) is 2. The fraction of sp³-hybridized carbons (Fsp3) is 0.556. The Balaban J connectivity index is 1.52. The van der Waals surface area contributed by atoms with Gasteiger partial charge in [0.1, 0.15) is 17.1 Å². The molecule has 0 aromatic heterocycles. The number of imide groups is 1. The molecule has 2 heterocycles. The van der Waals surface area contributed by atoms with E-state index in [1.54, 1.807) is 19.2 Å². The second kappa shape index (κ2) is 11.4. The number of anilines is 1. The van der Waals surface area contributed by atoms with E-state index in [9.17, 15) is 14.7 Å². The first-order valence-corrected chi connectivity index (χ1v) is 18.5. The molecule has 6 rings (SSSR count). The fourth-order valence-corrected chi connectivity index (χ4v) is 14.5. The fourth-order valence-electron chi connectivity index (χ4n) is 9.23. The molecule has 2 fully saturated rings. The Hall–Kier alpha value is -2.94. The minimum Gasteiger partial charge on any atom is -0.543 e. The minimum atomic E-state index is -2.22. The van der Waals surface area contributed by atoms with Crippen LogP contribution in [0.15, 0.2) is 54.1 Å². The number of methoxy groups -OCH3 is 1. The van der Waals surface area contributed by atoms with Crippen molar-refractivity contribution in [3.63, 3.8) is 0 Å². The molecule has 2 aromatic carbocycles. The third kappa shape index (κ3) is 4.50. The van der Waals surface area contributed by atoms with Crippen molar-refractivity contribution in [2.45, 2.75) is 95.6 Å². The van der Waals surface area contributed by atoms with Gasteiger partial charge in [0.15, 0.2) is 0 Å². The predicted octanol–water partition coefficient (Wildman–Crippen LogP) is 7.14. The van der Waals surface area contributed by atoms with Gasteiger partial charge in [-0.05, 0) is 77.7 Å². The molecular formula is C36H47NO6Si. The zero-order chi connectivity index (χ0) is 31.6. The first kappa shape index (κ1) is 31.1. The Morgan fingerprint density at radius 3 is 2.18 bits per heavy atom. The number of para-hydroxylation sites is 1. The highest BCUT2D eigenvalue weighted by Gasteiger charge is 2.64. The van der Waals surface area contributed by atoms with Crippen LogP contribution in [0, 0.1) is 17.8 Å². The molecule has 1 saturated heterocycles. The maximum absolute atomic E-state index is 14.4. The summed E-state index contributed by atoms with van der Waals surface area (Å²) in [5.74, 6) is -1.05. The minimum absolute atomic E-state index is 0.163. The van der Waals surface area contributed by atoms with Crippen LogP contribution in [0.5, 0.6) is 11.5 Å². The van der Waals surface area contributed by atoms with E-state index in [-0.39, 0.29) is 18.4 Å². The average molecular weight is 618 g/mol. The standard InChI is InChI=1S/C36H47NO6Si/c1-21(2)44(22(3)4,23(5)6)43-25-15-16-26-28(19-25)42-36(17-11-12-18-36)32-30(26)33(38)27(20-41-7)29-31(32)35(40)37(34(29)39)24-13-9-8-10-14-24/h8-10,13-16,19,21-23,27,29,31,33,38H,11-12,17-18,20H2,1-7H3/t27-,29+,31+,33+/m1/s1. The Kier molecular flexibility index (Phi) is 8.08. The molecule has 0 bridgehead atoms. The second-order valence-electron chi connectivity index (χ2n) is 14.1. The first-order chi connectivity index (χ1) is 21.0. The molecule has 1 spiro atoms. The Bertz CT molecular complexity index is 1440. The Labute approximate surface area is 262 Å². The lowest BCUT2D eigenvalue weighted by molar-refractivity contribution is -0.125. The molecule has 236 valence electrons. The number of carbonyl (C=O) groups is 2. The van der Waals surface area contributed by atoms with Crippen molar-refractivity contribution in [3.05, 3.63) is 59.7 Å². The Morgan fingerprint density at radius 2 is 1.59 bits per heavy atom. The topological polar surface area (TPSA) is 85.3 Å². The highest BCUT2D eigenvalue weighted by molar-refractivity contribution is 6.78. The van der Waals surface area contributed by atoms with Crippen LogP contribution in [0.25, 0.3) is 5.57 Å². The lowest BCUT2D eigenvalue weighted by atomic mass is 9.62. The normalized spacial score (nSPS) is 26.0. The van der Waals surface area contributed by atoms with E-state index in [1.165, 1.54) is 4.90 Å². The van der Waals surface area contributed by atoms with Gasteiger partial charge in [-0.1, -0.05) is 59.7 Å². The van der Waals surface area contributed by atoms with Gasteiger partial charge in [-0.2, -0.15) is 0 Å². The van der Waals surface area contributed by atoms with E-state index in [0.29, 0.717) is 28.1 Å². The molecule has 0 radical (unpaired) electrons. The van der Waals surface area contributed by atoms with Gasteiger partial charge in [0.05, 0.1) is 30.2 Å². The highest BCUT2D eigenvalue weighted by Crippen LogP contribution is 2.60. The summed E-state index contributed by atoms with van der Waals surface area (Å²) in [6.45, 7) is 13.8. The van der Waals surface area contributed by atoms with Crippen LogP contribution in [0.2, 0.25) is 16.6 Å². The van der Waals surface area contributed by atoms with Crippen molar-refractivity contribution in [1.29, 1.82) is 0 Å². The number of hydrogen-bond donors (Lipinski definition) is 1. The summed E-state index contributed by atoms with van der Waals surface area (Å²) in [6.07, 6.45) is 2.38. The molecule has 2 aliphatic heterocycles. The molecular weight excluding hydrogens is 570 g/mol. The number of carbonyl (C=O) groups excluding carboxylic acids is 2. The first-order valence-electron chi connectivity index (χ1n) is 16.3. The van der Waals surface area contributed by atoms with Gasteiger partial charge < -0.3 is 19.0 Å². The maximum Gasteiger partial charge on any atom is 0.258 e. The molecule has 4 aliphatic rings. The van der Waals surface area contributed by atoms with Gasteiger partial charge in [-0.15, -0.1) is 0 Å². The molecule has 2 aromatic rings. The molecule has 2 aliphatic carbocycles. The smallest absolute Gasteiger partial charge is 0.258 e. The summed E-state index contributed by atoms with van der Waals surface area (Å²) in [6, 6.07) is 15.1.